The number of hydrogen-bond acceptors (Lipinski definition) is 8. The van der Waals surface area contributed by atoms with E-state index in [1.165, 1.54) is 77.0 Å². The van der Waals surface area contributed by atoms with E-state index in [0.717, 1.165) is 123 Å². The highest BCUT2D eigenvalue weighted by Gasteiger charge is 2.19. The van der Waals surface area contributed by atoms with Crippen molar-refractivity contribution < 1.29 is 38.0 Å². The molecule has 0 bridgehead atoms. The van der Waals surface area contributed by atoms with Crippen LogP contribution in [0.3, 0.4) is 0 Å². The van der Waals surface area contributed by atoms with Gasteiger partial charge in [-0.1, -0.05) is 265 Å². The molecule has 0 saturated heterocycles. The Morgan fingerprint density at radius 1 is 0.228 bits per heavy atom. The average molecular weight is 1280 g/mol. The Labute approximate surface area is 565 Å². The number of carbonyl (C=O) groups is 2. The minimum Gasteiger partial charge on any atom is -0.493 e. The van der Waals surface area contributed by atoms with Gasteiger partial charge >= 0.3 is 0 Å². The number of ether oxygens (including phenoxy) is 6. The van der Waals surface area contributed by atoms with E-state index in [9.17, 15) is 9.59 Å². The molecule has 0 fully saturated rings. The summed E-state index contributed by atoms with van der Waals surface area (Å²) in [6.45, 7) is 44.8. The van der Waals surface area contributed by atoms with Gasteiger partial charge in [-0.3, -0.25) is 9.59 Å². The summed E-state index contributed by atoms with van der Waals surface area (Å²) in [5.41, 5.74) is 4.43. The molecule has 0 spiro atoms. The van der Waals surface area contributed by atoms with Crippen molar-refractivity contribution in [3.63, 3.8) is 0 Å². The zero-order valence-corrected chi connectivity index (χ0v) is 62.3. The van der Waals surface area contributed by atoms with Crippen molar-refractivity contribution >= 4 is 36.9 Å². The molecule has 8 nitrogen and oxygen atoms in total. The van der Waals surface area contributed by atoms with Crippen molar-refractivity contribution in [2.45, 2.75) is 279 Å². The maximum absolute atomic E-state index is 12.9. The number of aldehydes is 2. The van der Waals surface area contributed by atoms with Crippen LogP contribution >= 0.6 is 0 Å². The highest BCUT2D eigenvalue weighted by Crippen LogP contribution is 2.38. The normalized spacial score (nSPS) is 14.1. The van der Waals surface area contributed by atoms with E-state index in [1.54, 1.807) is 0 Å². The molecule has 0 aliphatic carbocycles. The summed E-state index contributed by atoms with van der Waals surface area (Å²) in [6.07, 6.45) is 37.3. The summed E-state index contributed by atoms with van der Waals surface area (Å²) in [7, 11) is 0. The van der Waals surface area contributed by atoms with Crippen LogP contribution in [-0.4, -0.2) is 52.2 Å². The number of carbonyl (C=O) groups excluding carboxylic acids is 2. The molecular weight excluding hydrogens is 1140 g/mol. The lowest BCUT2D eigenvalue weighted by Gasteiger charge is -2.19. The van der Waals surface area contributed by atoms with Crippen molar-refractivity contribution in [3.05, 3.63) is 69.8 Å². The molecule has 0 radical (unpaired) electrons. The zero-order chi connectivity index (χ0) is 67.8. The number of hydrogen-bond donors (Lipinski definition) is 0. The van der Waals surface area contributed by atoms with E-state index in [2.05, 4.69) is 161 Å². The third-order valence-corrected chi connectivity index (χ3v) is 18.6. The standard InChI is InChI=1S/C84H138O8/c1-61(2)25-19-31-67(13)41-47-87-79-53-74(38-40-76-56-84(92-52-46-72(18)36-24-30-66(11)12)78(60-86)58-82(76)90-50-44-70(16)34-22-28-64(7)8)80(88-48-42-68(14)32-20-26-62(3)4)54-73(79)37-39-75-55-83(91-51-45-71(17)35-23-29-65(9)10)77(59-85)57-81(75)89-49-43-69(15)33-21-27-63(5)6/h37-40,53-72H,19-36,41-52H2,1-18H3/b39-37+,40-38+/t67-,68-,69-,70-,71-,72-/m0/s1. The molecule has 0 saturated carbocycles. The van der Waals surface area contributed by atoms with Gasteiger partial charge in [0.1, 0.15) is 34.5 Å². The predicted molar refractivity (Wildman–Crippen MR) is 396 cm³/mol. The van der Waals surface area contributed by atoms with Gasteiger partial charge in [-0.05, 0) is 146 Å². The van der Waals surface area contributed by atoms with Crippen LogP contribution in [0, 0.1) is 71.0 Å². The van der Waals surface area contributed by atoms with Crippen molar-refractivity contribution in [2.75, 3.05) is 39.6 Å². The summed E-state index contributed by atoms with van der Waals surface area (Å²) < 4.78 is 40.5. The lowest BCUT2D eigenvalue weighted by Crippen LogP contribution is -2.08. The smallest absolute Gasteiger partial charge is 0.153 e. The molecule has 6 atom stereocenters. The summed E-state index contributed by atoms with van der Waals surface area (Å²) in [5, 5.41) is 0. The molecule has 0 heterocycles. The second-order valence-corrected chi connectivity index (χ2v) is 31.1. The second kappa shape index (κ2) is 47.2. The molecule has 522 valence electrons. The molecular formula is C84H138O8. The fraction of sp³-hybridized carbons (Fsp3) is 0.714. The summed E-state index contributed by atoms with van der Waals surface area (Å²) in [5.74, 6) is 11.2. The molecule has 3 aromatic carbocycles. The topological polar surface area (TPSA) is 89.5 Å². The minimum absolute atomic E-state index is 0.494. The molecule has 0 amide bonds. The molecule has 0 aliphatic heterocycles. The Hall–Kier alpha value is -4.72. The first-order chi connectivity index (χ1) is 44.0. The van der Waals surface area contributed by atoms with Gasteiger partial charge in [-0.25, -0.2) is 0 Å². The average Bonchev–Trinajstić information content (AvgIpc) is 0.875. The van der Waals surface area contributed by atoms with E-state index in [-0.39, 0.29) is 0 Å². The van der Waals surface area contributed by atoms with Crippen LogP contribution in [0.2, 0.25) is 0 Å². The van der Waals surface area contributed by atoms with Gasteiger partial charge in [0.15, 0.2) is 12.6 Å². The Morgan fingerprint density at radius 3 is 0.533 bits per heavy atom. The Morgan fingerprint density at radius 2 is 0.380 bits per heavy atom. The summed E-state index contributed by atoms with van der Waals surface area (Å²) in [4.78, 5) is 25.8. The third-order valence-electron chi connectivity index (χ3n) is 18.6. The second-order valence-electron chi connectivity index (χ2n) is 31.1. The van der Waals surface area contributed by atoms with Crippen LogP contribution in [-0.2, 0) is 0 Å². The molecule has 92 heavy (non-hydrogen) atoms. The van der Waals surface area contributed by atoms with Gasteiger partial charge in [0, 0.05) is 22.3 Å². The molecule has 3 aromatic rings. The quantitative estimate of drug-likeness (QED) is 0.0408. The first kappa shape index (κ1) is 81.5. The van der Waals surface area contributed by atoms with E-state index in [0.29, 0.717) is 145 Å². The maximum atomic E-state index is 12.9. The highest BCUT2D eigenvalue weighted by molar-refractivity contribution is 5.86. The van der Waals surface area contributed by atoms with Crippen LogP contribution in [0.1, 0.15) is 322 Å². The monoisotopic (exact) mass is 1280 g/mol. The molecule has 8 heteroatoms. The molecule has 0 unspecified atom stereocenters. The Kier molecular flexibility index (Phi) is 41.8. The van der Waals surface area contributed by atoms with Gasteiger partial charge in [0.05, 0.1) is 50.8 Å². The molecule has 0 N–H and O–H groups in total. The fourth-order valence-electron chi connectivity index (χ4n) is 11.9. The fourth-order valence-corrected chi connectivity index (χ4v) is 11.9. The zero-order valence-electron chi connectivity index (χ0n) is 62.3. The maximum Gasteiger partial charge on any atom is 0.153 e. The number of benzene rings is 3. The SMILES string of the molecule is CC(C)CCC[C@H](C)CCOc1cc(/C=C/c2cc(OCC[C@@H](C)CCCC(C)C)c(/C=C/c3cc(OCC[C@@H](C)CCCC(C)C)c(C=O)cc3OCC[C@@H](C)CCCC(C)C)cc2OCC[C@@H](C)CCCC(C)C)c(OCC[C@@H](C)CCCC(C)C)cc1C=O. The van der Waals surface area contributed by atoms with Crippen LogP contribution in [0.5, 0.6) is 34.5 Å². The van der Waals surface area contributed by atoms with Crippen molar-refractivity contribution in [1.82, 2.24) is 0 Å². The number of rotatable bonds is 54. The summed E-state index contributed by atoms with van der Waals surface area (Å²) in [6, 6.07) is 12.0. The molecule has 0 aliphatic rings. The van der Waals surface area contributed by atoms with Crippen molar-refractivity contribution in [2.24, 2.45) is 71.0 Å². The molecule has 3 rings (SSSR count). The minimum atomic E-state index is 0.494. The van der Waals surface area contributed by atoms with E-state index in [4.69, 9.17) is 28.4 Å². The molecule has 0 aromatic heterocycles. The van der Waals surface area contributed by atoms with Gasteiger partial charge < -0.3 is 28.4 Å². The first-order valence-electron chi connectivity index (χ1n) is 37.5. The lowest BCUT2D eigenvalue weighted by atomic mass is 9.97. The Bertz CT molecular complexity index is 2330. The van der Waals surface area contributed by atoms with Gasteiger partial charge in [0.25, 0.3) is 0 Å². The van der Waals surface area contributed by atoms with Gasteiger partial charge in [-0.2, -0.15) is 0 Å². The first-order valence-corrected chi connectivity index (χ1v) is 37.5. The lowest BCUT2D eigenvalue weighted by molar-refractivity contribution is 0.111. The van der Waals surface area contributed by atoms with E-state index in [1.807, 2.05) is 24.3 Å². The summed E-state index contributed by atoms with van der Waals surface area (Å²) >= 11 is 0. The largest absolute Gasteiger partial charge is 0.493 e. The van der Waals surface area contributed by atoms with Gasteiger partial charge in [-0.15, -0.1) is 0 Å². The highest BCUT2D eigenvalue weighted by atomic mass is 16.5. The van der Waals surface area contributed by atoms with Crippen LogP contribution in [0.4, 0.5) is 0 Å². The van der Waals surface area contributed by atoms with Crippen molar-refractivity contribution in [3.8, 4) is 34.5 Å². The Balaban J connectivity index is 2.29. The van der Waals surface area contributed by atoms with E-state index < -0.39 is 0 Å². The van der Waals surface area contributed by atoms with E-state index >= 15 is 0 Å². The third kappa shape index (κ3) is 36.2. The van der Waals surface area contributed by atoms with Crippen LogP contribution in [0.25, 0.3) is 24.3 Å². The predicted octanol–water partition coefficient (Wildman–Crippen LogP) is 25.0. The van der Waals surface area contributed by atoms with Crippen LogP contribution < -0.4 is 28.4 Å². The van der Waals surface area contributed by atoms with Gasteiger partial charge in [0.2, 0.25) is 0 Å². The van der Waals surface area contributed by atoms with Crippen molar-refractivity contribution in [1.29, 1.82) is 0 Å². The van der Waals surface area contributed by atoms with Crippen LogP contribution in [0.15, 0.2) is 36.4 Å².